The minimum atomic E-state index is -3.55. The quantitative estimate of drug-likeness (QED) is 0.849. The number of benzene rings is 2. The Labute approximate surface area is 143 Å². The number of rotatable bonds is 5. The highest BCUT2D eigenvalue weighted by atomic mass is 32.2. The minimum Gasteiger partial charge on any atom is -0.481 e. The number of nitrogens with one attached hydrogen (secondary N) is 1. The van der Waals surface area contributed by atoms with Crippen LogP contribution in [0.5, 0.6) is 5.75 Å². The minimum absolute atomic E-state index is 0.0485. The third kappa shape index (κ3) is 4.85. The van der Waals surface area contributed by atoms with Crippen LogP contribution < -0.4 is 9.46 Å². The molecular weight excluding hydrogens is 322 g/mol. The molecule has 0 fully saturated rings. The van der Waals surface area contributed by atoms with Crippen molar-refractivity contribution in [2.75, 3.05) is 13.2 Å². The Balaban J connectivity index is 1.90. The molecule has 0 radical (unpaired) electrons. The molecular formula is C19H21NO3S. The maximum absolute atomic E-state index is 12.3. The fourth-order valence-corrected chi connectivity index (χ4v) is 3.40. The lowest BCUT2D eigenvalue weighted by atomic mass is 10.2. The maximum Gasteiger partial charge on any atom is 0.241 e. The molecule has 2 aromatic rings. The Morgan fingerprint density at radius 2 is 1.75 bits per heavy atom. The average molecular weight is 343 g/mol. The molecule has 0 unspecified atom stereocenters. The van der Waals surface area contributed by atoms with Crippen LogP contribution in [-0.2, 0) is 10.0 Å². The fourth-order valence-electron chi connectivity index (χ4n) is 2.15. The number of hydrogen-bond acceptors (Lipinski definition) is 3. The molecule has 0 atom stereocenters. The van der Waals surface area contributed by atoms with E-state index in [-0.39, 0.29) is 13.2 Å². The molecule has 0 heterocycles. The third-order valence-electron chi connectivity index (χ3n) is 3.50. The van der Waals surface area contributed by atoms with E-state index in [1.165, 1.54) is 0 Å². The molecule has 4 nitrogen and oxygen atoms in total. The van der Waals surface area contributed by atoms with Crippen LogP contribution in [0, 0.1) is 32.6 Å². The van der Waals surface area contributed by atoms with E-state index in [4.69, 9.17) is 4.74 Å². The van der Waals surface area contributed by atoms with Crippen molar-refractivity contribution in [1.29, 1.82) is 0 Å². The third-order valence-corrected chi connectivity index (χ3v) is 5.05. The largest absolute Gasteiger partial charge is 0.481 e. The van der Waals surface area contributed by atoms with E-state index in [0.717, 1.165) is 16.9 Å². The Morgan fingerprint density at radius 3 is 2.50 bits per heavy atom. The van der Waals surface area contributed by atoms with E-state index in [1.54, 1.807) is 19.1 Å². The van der Waals surface area contributed by atoms with Crippen molar-refractivity contribution in [3.63, 3.8) is 0 Å². The topological polar surface area (TPSA) is 55.4 Å². The molecule has 0 aliphatic carbocycles. The Hall–Kier alpha value is -2.29. The van der Waals surface area contributed by atoms with Gasteiger partial charge in [-0.25, -0.2) is 8.42 Å². The van der Waals surface area contributed by atoms with Crippen LogP contribution in [0.2, 0.25) is 0 Å². The summed E-state index contributed by atoms with van der Waals surface area (Å²) in [5, 5.41) is 0. The molecule has 5 heteroatoms. The summed E-state index contributed by atoms with van der Waals surface area (Å²) in [6, 6.07) is 13.0. The summed E-state index contributed by atoms with van der Waals surface area (Å²) in [4.78, 5) is 0.292. The molecule has 0 bridgehead atoms. The number of ether oxygens (including phenoxy) is 1. The summed E-state index contributed by atoms with van der Waals surface area (Å²) in [5.41, 5.74) is 2.65. The van der Waals surface area contributed by atoms with Gasteiger partial charge in [0.2, 0.25) is 10.0 Å². The number of aryl methyl sites for hydroxylation is 3. The predicted octanol–water partition coefficient (Wildman–Crippen LogP) is 2.97. The summed E-state index contributed by atoms with van der Waals surface area (Å²) in [5.74, 6) is 6.36. The molecule has 0 spiro atoms. The van der Waals surface area contributed by atoms with Crippen LogP contribution in [0.4, 0.5) is 0 Å². The molecule has 0 aliphatic rings. The number of para-hydroxylation sites is 1. The standard InChI is InChI=1S/C19H21NO3S/c1-15-10-11-17(3)19(14-15)24(21,22)20-12-6-7-13-23-18-9-5-4-8-16(18)2/h4-5,8-11,14,20H,12-13H2,1-3H3. The van der Waals surface area contributed by atoms with Gasteiger partial charge in [0.05, 0.1) is 11.4 Å². The molecule has 0 amide bonds. The zero-order valence-corrected chi connectivity index (χ0v) is 14.9. The smallest absolute Gasteiger partial charge is 0.241 e. The Bertz CT molecular complexity index is 877. The SMILES string of the molecule is Cc1ccc(C)c(S(=O)(=O)NCC#CCOc2ccccc2C)c1. The number of sulfonamides is 1. The molecule has 24 heavy (non-hydrogen) atoms. The van der Waals surface area contributed by atoms with E-state index in [9.17, 15) is 8.42 Å². The van der Waals surface area contributed by atoms with Crippen molar-refractivity contribution < 1.29 is 13.2 Å². The summed E-state index contributed by atoms with van der Waals surface area (Å²) >= 11 is 0. The van der Waals surface area contributed by atoms with Crippen LogP contribution >= 0.6 is 0 Å². The highest BCUT2D eigenvalue weighted by Gasteiger charge is 2.15. The lowest BCUT2D eigenvalue weighted by Gasteiger charge is -2.08. The second kappa shape index (κ2) is 8.00. The molecule has 126 valence electrons. The van der Waals surface area contributed by atoms with Gasteiger partial charge in [0.1, 0.15) is 12.4 Å². The highest BCUT2D eigenvalue weighted by molar-refractivity contribution is 7.89. The normalized spacial score (nSPS) is 10.8. The van der Waals surface area contributed by atoms with Gasteiger partial charge in [0.25, 0.3) is 0 Å². The number of hydrogen-bond donors (Lipinski definition) is 1. The van der Waals surface area contributed by atoms with Crippen LogP contribution in [0.3, 0.4) is 0 Å². The summed E-state index contributed by atoms with van der Waals surface area (Å²) < 4.78 is 32.6. The molecule has 2 rings (SSSR count). The molecule has 0 aromatic heterocycles. The molecule has 0 saturated heterocycles. The van der Waals surface area contributed by atoms with Crippen LogP contribution in [0.1, 0.15) is 16.7 Å². The van der Waals surface area contributed by atoms with Crippen molar-refractivity contribution in [2.45, 2.75) is 25.7 Å². The van der Waals surface area contributed by atoms with E-state index in [0.29, 0.717) is 10.5 Å². The van der Waals surface area contributed by atoms with Crippen LogP contribution in [0.25, 0.3) is 0 Å². The first-order valence-electron chi connectivity index (χ1n) is 7.61. The Morgan fingerprint density at radius 1 is 1.00 bits per heavy atom. The van der Waals surface area contributed by atoms with Gasteiger partial charge in [-0.1, -0.05) is 42.2 Å². The first-order valence-corrected chi connectivity index (χ1v) is 9.09. The zero-order valence-electron chi connectivity index (χ0n) is 14.1. The monoisotopic (exact) mass is 343 g/mol. The van der Waals surface area contributed by atoms with Gasteiger partial charge in [-0.3, -0.25) is 0 Å². The van der Waals surface area contributed by atoms with Gasteiger partial charge in [0, 0.05) is 0 Å². The van der Waals surface area contributed by atoms with Crippen LogP contribution in [0.15, 0.2) is 47.4 Å². The second-order valence-corrected chi connectivity index (χ2v) is 7.24. The molecule has 0 saturated carbocycles. The predicted molar refractivity (Wildman–Crippen MR) is 95.6 cm³/mol. The van der Waals surface area contributed by atoms with Crippen molar-refractivity contribution in [3.05, 3.63) is 59.2 Å². The van der Waals surface area contributed by atoms with E-state index in [1.807, 2.05) is 44.2 Å². The van der Waals surface area contributed by atoms with E-state index >= 15 is 0 Å². The lowest BCUT2D eigenvalue weighted by molar-refractivity contribution is 0.367. The van der Waals surface area contributed by atoms with Gasteiger partial charge in [-0.05, 0) is 49.6 Å². The average Bonchev–Trinajstić information content (AvgIpc) is 2.54. The highest BCUT2D eigenvalue weighted by Crippen LogP contribution is 2.16. The van der Waals surface area contributed by atoms with Gasteiger partial charge >= 0.3 is 0 Å². The lowest BCUT2D eigenvalue weighted by Crippen LogP contribution is -2.24. The molecule has 1 N–H and O–H groups in total. The molecule has 2 aromatic carbocycles. The fraction of sp³-hybridized carbons (Fsp3) is 0.263. The van der Waals surface area contributed by atoms with Crippen molar-refractivity contribution in [2.24, 2.45) is 0 Å². The Kier molecular flexibility index (Phi) is 6.02. The van der Waals surface area contributed by atoms with Gasteiger partial charge in [0.15, 0.2) is 0 Å². The van der Waals surface area contributed by atoms with Crippen molar-refractivity contribution >= 4 is 10.0 Å². The van der Waals surface area contributed by atoms with E-state index < -0.39 is 10.0 Å². The maximum atomic E-state index is 12.3. The summed E-state index contributed by atoms with van der Waals surface area (Å²) in [6.07, 6.45) is 0. The van der Waals surface area contributed by atoms with E-state index in [2.05, 4.69) is 16.6 Å². The van der Waals surface area contributed by atoms with Crippen LogP contribution in [-0.4, -0.2) is 21.6 Å². The van der Waals surface area contributed by atoms with Crippen molar-refractivity contribution in [1.82, 2.24) is 4.72 Å². The summed E-state index contributed by atoms with van der Waals surface area (Å²) in [6.45, 7) is 5.86. The molecule has 0 aliphatic heterocycles. The van der Waals surface area contributed by atoms with Gasteiger partial charge in [-0.15, -0.1) is 0 Å². The summed E-state index contributed by atoms with van der Waals surface area (Å²) in [7, 11) is -3.55. The van der Waals surface area contributed by atoms with Gasteiger partial charge in [-0.2, -0.15) is 4.72 Å². The van der Waals surface area contributed by atoms with Gasteiger partial charge < -0.3 is 4.74 Å². The first-order chi connectivity index (χ1) is 11.4. The second-order valence-electron chi connectivity index (χ2n) is 5.50. The first kappa shape index (κ1) is 18.1. The zero-order chi connectivity index (χ0) is 17.6. The van der Waals surface area contributed by atoms with Crippen molar-refractivity contribution in [3.8, 4) is 17.6 Å².